The first kappa shape index (κ1) is 58.6. The first-order valence-corrected chi connectivity index (χ1v) is 42.0. The third kappa shape index (κ3) is 6.46. The molecule has 1 aliphatic carbocycles. The van der Waals surface area contributed by atoms with Crippen LogP contribution in [0.5, 0.6) is 0 Å². The summed E-state index contributed by atoms with van der Waals surface area (Å²) in [6.07, 6.45) is 0. The molecule has 7 aliphatic heterocycles. The van der Waals surface area contributed by atoms with Gasteiger partial charge in [-0.25, -0.2) is 0 Å². The predicted octanol–water partition coefficient (Wildman–Crippen LogP) is 20.9. The lowest BCUT2D eigenvalue weighted by atomic mass is 9.44. The molecule has 18 aromatic carbocycles. The average molecular weight is 1460 g/mol. The number of fused-ring (bicyclic) bond motifs is 42. The second-order valence-corrected chi connectivity index (χ2v) is 36.7. The van der Waals surface area contributed by atoms with Crippen LogP contribution in [0.25, 0.3) is 165 Å². The highest BCUT2D eigenvalue weighted by molar-refractivity contribution is 7.24. The Bertz CT molecular complexity index is 8370. The van der Waals surface area contributed by atoms with Gasteiger partial charge in [-0.3, -0.25) is 0 Å². The number of hydrogen-bond donors (Lipinski definition) is 0. The van der Waals surface area contributed by atoms with E-state index in [1.54, 1.807) is 0 Å². The number of furan rings is 2. The van der Waals surface area contributed by atoms with Gasteiger partial charge in [0.2, 0.25) is 0 Å². The van der Waals surface area contributed by atoms with Crippen molar-refractivity contribution in [3.05, 3.63) is 362 Å². The molecule has 0 amide bonds. The van der Waals surface area contributed by atoms with Crippen molar-refractivity contribution < 1.29 is 8.83 Å². The lowest BCUT2D eigenvalue weighted by Gasteiger charge is -2.49. The highest BCUT2D eigenvalue weighted by atomic mass is 28.3. The van der Waals surface area contributed by atoms with Crippen LogP contribution >= 0.6 is 0 Å². The number of anilines is 6. The number of rotatable bonds is 1. The molecule has 0 radical (unpaired) electrons. The molecule has 6 nitrogen and oxygen atoms in total. The summed E-state index contributed by atoms with van der Waals surface area (Å²) in [5, 5.41) is 20.1. The zero-order chi connectivity index (χ0) is 73.2. The van der Waals surface area contributed by atoms with Crippen LogP contribution in [0.15, 0.2) is 349 Å². The topological polar surface area (TPSA) is 42.6 Å². The van der Waals surface area contributed by atoms with E-state index in [4.69, 9.17) is 8.83 Å². The monoisotopic (exact) mass is 1450 g/mol. The summed E-state index contributed by atoms with van der Waals surface area (Å²) in [7, 11) is -2.95. The van der Waals surface area contributed by atoms with Crippen molar-refractivity contribution in [2.75, 3.05) is 9.80 Å². The average Bonchev–Trinajstić information content (AvgIpc) is 1.37. The Morgan fingerprint density at radius 3 is 1.42 bits per heavy atom. The van der Waals surface area contributed by atoms with Crippen molar-refractivity contribution in [2.45, 2.75) is 5.41 Å². The molecule has 0 saturated carbocycles. The molecule has 114 heavy (non-hydrogen) atoms. The molecule has 11 heterocycles. The standard InChI is InChI=1S/C105H56B2N4O2Si/c1-2-22-58-52-85-73(50-57(58)21-1)69-28-17-31-72-96-97-87(108-83-38-11-10-34-79(83)105(77-32-8-3-23-63(77)64-24-4-9-33-78(64)105)80-35-19-36-81(101(80)108)106(97)110(85)99(69)72)56-76-66-48-47-61(54-90(66)113-104(76)96)59-45-46-60-51-74-70-29-18-30-71-95-98-88(55-75-65-25-5-13-40-89(65)112-103(75)95)109-84-39-12-16-43-93(84)114(91-41-14-6-26-67(91)68-27-7-15-42-92(68)114)94-44-20-37-82(102(94)109)107(98)111(100(70)71)86(74)53-62(60)49-59/h1-56H. The smallest absolute Gasteiger partial charge is 0.333 e. The fraction of sp³-hybridized carbons (Fsp3) is 0.00952. The first-order valence-electron chi connectivity index (χ1n) is 40.0. The van der Waals surface area contributed by atoms with Crippen molar-refractivity contribution in [1.82, 2.24) is 8.96 Å². The molecule has 0 atom stereocenters. The SMILES string of the molecule is c1ccc2c(c1)-c1ccccc1C21c2ccccc2N2c3cc4c(oc5cc(-c6ccc7cc8c9cccc%10c9n(c8cc7c6)B6c7cccc8c7N(c7ccccc7[Si]87c8ccccc8-c8ccccc87)c7cc8c(oc9ccccc98)c-%10c76)ccc54)c4c3B(c3cccc1c32)n1c2cc3ccccc3cc2c2cccc-4c21. The molecular weight excluding hydrogens is 1400 g/mol. The molecule has 0 unspecified atom stereocenters. The maximum absolute atomic E-state index is 7.73. The zero-order valence-electron chi connectivity index (χ0n) is 61.1. The molecule has 22 aromatic rings. The van der Waals surface area contributed by atoms with Crippen molar-refractivity contribution in [3.63, 3.8) is 0 Å². The second kappa shape index (κ2) is 19.8. The second-order valence-electron chi connectivity index (χ2n) is 33.0. The van der Waals surface area contributed by atoms with Crippen molar-refractivity contribution in [1.29, 1.82) is 0 Å². The van der Waals surface area contributed by atoms with E-state index in [9.17, 15) is 0 Å². The van der Waals surface area contributed by atoms with Gasteiger partial charge in [0.05, 0.1) is 11.1 Å². The molecule has 0 bridgehead atoms. The largest absolute Gasteiger partial charge is 0.455 e. The zero-order valence-corrected chi connectivity index (χ0v) is 62.1. The van der Waals surface area contributed by atoms with Crippen LogP contribution in [-0.2, 0) is 5.41 Å². The van der Waals surface area contributed by atoms with Gasteiger partial charge >= 0.3 is 13.7 Å². The molecule has 0 fully saturated rings. The van der Waals surface area contributed by atoms with Gasteiger partial charge in [-0.2, -0.15) is 0 Å². The molecule has 4 aromatic heterocycles. The molecule has 0 saturated heterocycles. The summed E-state index contributed by atoms with van der Waals surface area (Å²) in [6, 6.07) is 131. The van der Waals surface area contributed by atoms with Crippen LogP contribution in [0.3, 0.4) is 0 Å². The minimum atomic E-state index is -2.95. The van der Waals surface area contributed by atoms with E-state index in [0.29, 0.717) is 0 Å². The molecular formula is C105H56B2N4O2Si. The van der Waals surface area contributed by atoms with Gasteiger partial charge < -0.3 is 27.6 Å². The lowest BCUT2D eigenvalue weighted by molar-refractivity contribution is 0.670. The van der Waals surface area contributed by atoms with Gasteiger partial charge in [-0.15, -0.1) is 0 Å². The van der Waals surface area contributed by atoms with Crippen LogP contribution < -0.4 is 52.4 Å². The highest BCUT2D eigenvalue weighted by Crippen LogP contribution is 2.65. The Morgan fingerprint density at radius 1 is 0.272 bits per heavy atom. The number of para-hydroxylation sites is 7. The Labute approximate surface area is 653 Å². The Kier molecular flexibility index (Phi) is 10.2. The molecule has 30 rings (SSSR count). The van der Waals surface area contributed by atoms with Gasteiger partial charge in [0.25, 0.3) is 0 Å². The summed E-state index contributed by atoms with van der Waals surface area (Å²) >= 11 is 0. The van der Waals surface area contributed by atoms with Gasteiger partial charge in [-0.05, 0) is 193 Å². The summed E-state index contributed by atoms with van der Waals surface area (Å²) in [5.41, 5.74) is 38.1. The fourth-order valence-corrected chi connectivity index (χ4v) is 29.9. The number of aromatic nitrogens is 2. The fourth-order valence-electron chi connectivity index (χ4n) is 24.3. The van der Waals surface area contributed by atoms with Crippen molar-refractivity contribution in [2.24, 2.45) is 0 Å². The van der Waals surface area contributed by atoms with Crippen LogP contribution in [0.1, 0.15) is 22.3 Å². The molecule has 2 spiro atoms. The minimum absolute atomic E-state index is 0.197. The molecule has 518 valence electrons. The third-order valence-electron chi connectivity index (χ3n) is 28.3. The lowest BCUT2D eigenvalue weighted by Crippen LogP contribution is -2.77. The van der Waals surface area contributed by atoms with E-state index < -0.39 is 13.5 Å². The quantitative estimate of drug-likeness (QED) is 0.154. The van der Waals surface area contributed by atoms with E-state index in [1.165, 1.54) is 209 Å². The Morgan fingerprint density at radius 2 is 0.737 bits per heavy atom. The Hall–Kier alpha value is -14.4. The van der Waals surface area contributed by atoms with Gasteiger partial charge in [-0.1, -0.05) is 267 Å². The number of hydrogen-bond acceptors (Lipinski definition) is 4. The van der Waals surface area contributed by atoms with Gasteiger partial charge in [0, 0.05) is 116 Å². The van der Waals surface area contributed by atoms with E-state index in [0.717, 1.165) is 55.0 Å². The van der Waals surface area contributed by atoms with Crippen molar-refractivity contribution in [3.8, 4) is 55.6 Å². The van der Waals surface area contributed by atoms with Crippen LogP contribution in [0, 0.1) is 0 Å². The summed E-state index contributed by atoms with van der Waals surface area (Å²) in [6.45, 7) is -0.396. The van der Waals surface area contributed by atoms with Crippen LogP contribution in [-0.4, -0.2) is 30.7 Å². The molecule has 9 heteroatoms. The van der Waals surface area contributed by atoms with E-state index >= 15 is 0 Å². The third-order valence-corrected chi connectivity index (χ3v) is 33.3. The molecule has 8 aliphatic rings. The number of benzene rings is 18. The predicted molar refractivity (Wildman–Crippen MR) is 476 cm³/mol. The summed E-state index contributed by atoms with van der Waals surface area (Å²) in [4.78, 5) is 5.35. The van der Waals surface area contributed by atoms with E-state index in [-0.39, 0.29) is 13.7 Å². The van der Waals surface area contributed by atoms with E-state index in [1.807, 2.05) is 0 Å². The molecule has 0 N–H and O–H groups in total. The summed E-state index contributed by atoms with van der Waals surface area (Å²) in [5.74, 6) is 0. The maximum atomic E-state index is 7.73. The van der Waals surface area contributed by atoms with Crippen LogP contribution in [0.2, 0.25) is 0 Å². The first-order chi connectivity index (χ1) is 56.6. The Balaban J connectivity index is 0.645. The number of nitrogens with zero attached hydrogens (tertiary/aromatic N) is 4. The highest BCUT2D eigenvalue weighted by Gasteiger charge is 2.59. The maximum Gasteiger partial charge on any atom is 0.333 e. The van der Waals surface area contributed by atoms with Crippen LogP contribution in [0.4, 0.5) is 34.1 Å². The van der Waals surface area contributed by atoms with E-state index in [2.05, 4.69) is 358 Å². The van der Waals surface area contributed by atoms with Gasteiger partial charge in [0.1, 0.15) is 22.3 Å². The van der Waals surface area contributed by atoms with Gasteiger partial charge in [0.15, 0.2) is 8.07 Å². The van der Waals surface area contributed by atoms with Crippen molar-refractivity contribution >= 4 is 208 Å². The minimum Gasteiger partial charge on any atom is -0.455 e. The normalized spacial score (nSPS) is 14.9. The summed E-state index contributed by atoms with van der Waals surface area (Å²) < 4.78 is 20.4.